The summed E-state index contributed by atoms with van der Waals surface area (Å²) in [7, 11) is 0. The number of esters is 1. The molecule has 1 aromatic carbocycles. The van der Waals surface area contributed by atoms with Crippen molar-refractivity contribution in [3.8, 4) is 0 Å². The predicted molar refractivity (Wildman–Crippen MR) is 171 cm³/mol. The second kappa shape index (κ2) is 11.0. The number of carbonyl (C=O) groups excluding carboxylic acids is 1. The van der Waals surface area contributed by atoms with E-state index in [0.29, 0.717) is 22.9 Å². The van der Waals surface area contributed by atoms with Crippen LogP contribution in [-0.4, -0.2) is 12.1 Å². The third kappa shape index (κ3) is 5.08. The molecular formula is C37H54N2O2. The first-order valence-electron chi connectivity index (χ1n) is 16.2. The Balaban J connectivity index is 1.36. The number of nitrogen functional groups attached to an aromatic ring is 2. The molecule has 0 heterocycles. The molecule has 0 saturated heterocycles. The highest BCUT2D eigenvalue weighted by molar-refractivity contribution is 5.92. The molecule has 5 rings (SSSR count). The molecule has 0 aliphatic heterocycles. The fourth-order valence-electron chi connectivity index (χ4n) is 10.4. The Bertz CT molecular complexity index is 1220. The van der Waals surface area contributed by atoms with Gasteiger partial charge in [-0.25, -0.2) is 4.79 Å². The van der Waals surface area contributed by atoms with Crippen LogP contribution in [0.5, 0.6) is 0 Å². The van der Waals surface area contributed by atoms with Crippen molar-refractivity contribution in [2.24, 2.45) is 45.8 Å². The molecule has 224 valence electrons. The zero-order valence-corrected chi connectivity index (χ0v) is 26.5. The highest BCUT2D eigenvalue weighted by Gasteiger charge is 2.62. The lowest BCUT2D eigenvalue weighted by Crippen LogP contribution is -2.55. The third-order valence-corrected chi connectivity index (χ3v) is 12.2. The summed E-state index contributed by atoms with van der Waals surface area (Å²) in [5.74, 6) is 3.29. The number of ether oxygens (including phenoxy) is 1. The quantitative estimate of drug-likeness (QED) is 0.199. The summed E-state index contributed by atoms with van der Waals surface area (Å²) in [6.45, 7) is 18.5. The van der Waals surface area contributed by atoms with E-state index in [1.54, 1.807) is 18.2 Å². The SMILES string of the molecule is C=CC12CCC3C(CC=C4C(C)(C)C(OC(=O)c5cc(N)cc(N)c5)CCC43C)C1CCC2C(C)CCC=C(C)C. The van der Waals surface area contributed by atoms with E-state index >= 15 is 0 Å². The van der Waals surface area contributed by atoms with Gasteiger partial charge < -0.3 is 16.2 Å². The minimum Gasteiger partial charge on any atom is -0.458 e. The van der Waals surface area contributed by atoms with E-state index in [9.17, 15) is 4.79 Å². The second-order valence-electron chi connectivity index (χ2n) is 15.1. The van der Waals surface area contributed by atoms with E-state index in [1.165, 1.54) is 49.7 Å². The predicted octanol–water partition coefficient (Wildman–Crippen LogP) is 9.14. The molecule has 4 nitrogen and oxygen atoms in total. The van der Waals surface area contributed by atoms with Gasteiger partial charge in [0.15, 0.2) is 0 Å². The lowest BCUT2D eigenvalue weighted by molar-refractivity contribution is -0.0754. The molecule has 0 radical (unpaired) electrons. The smallest absolute Gasteiger partial charge is 0.338 e. The van der Waals surface area contributed by atoms with Crippen LogP contribution in [0.3, 0.4) is 0 Å². The van der Waals surface area contributed by atoms with Gasteiger partial charge >= 0.3 is 5.97 Å². The second-order valence-corrected chi connectivity index (χ2v) is 15.1. The Kier molecular flexibility index (Phi) is 8.02. The minimum absolute atomic E-state index is 0.150. The first-order chi connectivity index (χ1) is 19.3. The molecule has 4 aliphatic carbocycles. The highest BCUT2D eigenvalue weighted by atomic mass is 16.5. The molecule has 0 amide bonds. The lowest BCUT2D eigenvalue weighted by atomic mass is 9.44. The third-order valence-electron chi connectivity index (χ3n) is 12.2. The topological polar surface area (TPSA) is 78.3 Å². The highest BCUT2D eigenvalue weighted by Crippen LogP contribution is 2.69. The molecule has 4 aliphatic rings. The maximum atomic E-state index is 13.2. The molecule has 0 bridgehead atoms. The number of carbonyl (C=O) groups is 1. The molecule has 0 aromatic heterocycles. The molecule has 3 fully saturated rings. The maximum Gasteiger partial charge on any atom is 0.338 e. The van der Waals surface area contributed by atoms with Gasteiger partial charge in [-0.2, -0.15) is 0 Å². The number of nitrogens with two attached hydrogens (primary N) is 2. The van der Waals surface area contributed by atoms with Gasteiger partial charge in [-0.05, 0) is 130 Å². The zero-order valence-electron chi connectivity index (χ0n) is 26.5. The fraction of sp³-hybridized carbons (Fsp3) is 0.649. The number of allylic oxidation sites excluding steroid dienone is 4. The van der Waals surface area contributed by atoms with Gasteiger partial charge in [0.2, 0.25) is 0 Å². The van der Waals surface area contributed by atoms with Crippen LogP contribution in [0.25, 0.3) is 0 Å². The summed E-state index contributed by atoms with van der Waals surface area (Å²) in [4.78, 5) is 13.2. The average Bonchev–Trinajstić information content (AvgIpc) is 3.30. The van der Waals surface area contributed by atoms with Crippen molar-refractivity contribution >= 4 is 17.3 Å². The van der Waals surface area contributed by atoms with Gasteiger partial charge in [0.05, 0.1) is 5.56 Å². The minimum atomic E-state index is -0.330. The normalized spacial score (nSPS) is 36.1. The van der Waals surface area contributed by atoms with Crippen LogP contribution < -0.4 is 11.5 Å². The standard InChI is InChI=1S/C37H54N2O2/c1-8-37-19-16-30-28(31(37)14-13-29(37)24(4)11-9-10-23(2)3)12-15-32-35(5,6)33(17-18-36(30,32)7)41-34(40)25-20-26(38)22-27(39)21-25/h8,10,15,20-22,24,28-31,33H,1,9,11-14,16-19,38-39H2,2-7H3. The Morgan fingerprint density at radius 1 is 1.05 bits per heavy atom. The van der Waals surface area contributed by atoms with Gasteiger partial charge in [-0.1, -0.05) is 57.1 Å². The van der Waals surface area contributed by atoms with E-state index in [-0.39, 0.29) is 28.3 Å². The summed E-state index contributed by atoms with van der Waals surface area (Å²) in [6, 6.07) is 4.99. The number of fused-ring (bicyclic) bond motifs is 5. The van der Waals surface area contributed by atoms with Gasteiger partial charge in [0, 0.05) is 16.8 Å². The number of hydrogen-bond donors (Lipinski definition) is 2. The summed E-state index contributed by atoms with van der Waals surface area (Å²) in [5, 5.41) is 0. The van der Waals surface area contributed by atoms with Crippen molar-refractivity contribution in [3.05, 3.63) is 59.7 Å². The maximum absolute atomic E-state index is 13.2. The summed E-state index contributed by atoms with van der Waals surface area (Å²) < 4.78 is 6.21. The molecule has 8 atom stereocenters. The van der Waals surface area contributed by atoms with Crippen molar-refractivity contribution < 1.29 is 9.53 Å². The molecular weight excluding hydrogens is 504 g/mol. The molecule has 0 spiro atoms. The Hall–Kier alpha value is -2.49. The molecule has 41 heavy (non-hydrogen) atoms. The van der Waals surface area contributed by atoms with Crippen molar-refractivity contribution in [1.29, 1.82) is 0 Å². The van der Waals surface area contributed by atoms with Gasteiger partial charge in [0.25, 0.3) is 0 Å². The average molecular weight is 559 g/mol. The van der Waals surface area contributed by atoms with E-state index in [1.807, 2.05) is 0 Å². The van der Waals surface area contributed by atoms with Crippen LogP contribution in [0.15, 0.2) is 54.2 Å². The molecule has 1 aromatic rings. The van der Waals surface area contributed by atoms with Crippen LogP contribution >= 0.6 is 0 Å². The molecule has 8 unspecified atom stereocenters. The largest absolute Gasteiger partial charge is 0.458 e. The van der Waals surface area contributed by atoms with Gasteiger partial charge in [0.1, 0.15) is 6.10 Å². The van der Waals surface area contributed by atoms with E-state index in [2.05, 4.69) is 66.3 Å². The van der Waals surface area contributed by atoms with Crippen LogP contribution in [0.2, 0.25) is 0 Å². The van der Waals surface area contributed by atoms with E-state index in [4.69, 9.17) is 16.2 Å². The van der Waals surface area contributed by atoms with Crippen LogP contribution in [0.1, 0.15) is 110 Å². The summed E-state index contributed by atoms with van der Waals surface area (Å²) in [6.07, 6.45) is 18.0. The van der Waals surface area contributed by atoms with E-state index in [0.717, 1.165) is 42.9 Å². The number of benzene rings is 1. The van der Waals surface area contributed by atoms with E-state index < -0.39 is 0 Å². The molecule has 4 N–H and O–H groups in total. The van der Waals surface area contributed by atoms with Gasteiger partial charge in [-0.3, -0.25) is 0 Å². The van der Waals surface area contributed by atoms with Gasteiger partial charge in [-0.15, -0.1) is 6.58 Å². The van der Waals surface area contributed by atoms with Crippen LogP contribution in [0.4, 0.5) is 11.4 Å². The Labute approximate surface area is 249 Å². The first-order valence-corrected chi connectivity index (χ1v) is 16.2. The Morgan fingerprint density at radius 2 is 1.76 bits per heavy atom. The van der Waals surface area contributed by atoms with Crippen molar-refractivity contribution in [2.75, 3.05) is 11.5 Å². The van der Waals surface area contributed by atoms with Crippen LogP contribution in [-0.2, 0) is 4.74 Å². The number of anilines is 2. The fourth-order valence-corrected chi connectivity index (χ4v) is 10.4. The number of hydrogen-bond acceptors (Lipinski definition) is 4. The first kappa shape index (κ1) is 30.0. The zero-order chi connectivity index (χ0) is 29.7. The van der Waals surface area contributed by atoms with Crippen LogP contribution in [0, 0.1) is 45.8 Å². The molecule has 3 saturated carbocycles. The summed E-state index contributed by atoms with van der Waals surface area (Å²) >= 11 is 0. The van der Waals surface area contributed by atoms with Crippen molar-refractivity contribution in [2.45, 2.75) is 105 Å². The Morgan fingerprint density at radius 3 is 2.41 bits per heavy atom. The monoisotopic (exact) mass is 558 g/mol. The van der Waals surface area contributed by atoms with Crippen molar-refractivity contribution in [1.82, 2.24) is 0 Å². The molecule has 4 heteroatoms. The number of rotatable bonds is 7. The van der Waals surface area contributed by atoms with Crippen molar-refractivity contribution in [3.63, 3.8) is 0 Å². The lowest BCUT2D eigenvalue weighted by Gasteiger charge is -2.61. The summed E-state index contributed by atoms with van der Waals surface area (Å²) in [5.41, 5.74) is 16.5.